The Morgan fingerprint density at radius 3 is 2.41 bits per heavy atom. The van der Waals surface area contributed by atoms with E-state index < -0.39 is 22.1 Å². The zero-order valence-corrected chi connectivity index (χ0v) is 19.5. The molecule has 8 heteroatoms. The second-order valence-electron chi connectivity index (χ2n) is 9.41. The van der Waals surface area contributed by atoms with Crippen LogP contribution in [0.5, 0.6) is 0 Å². The van der Waals surface area contributed by atoms with Crippen molar-refractivity contribution in [3.8, 4) is 0 Å². The van der Waals surface area contributed by atoms with Crippen LogP contribution in [0, 0.1) is 11.8 Å². The third-order valence-corrected chi connectivity index (χ3v) is 8.63. The average molecular weight is 490 g/mol. The Morgan fingerprint density at radius 1 is 0.912 bits per heavy atom. The van der Waals surface area contributed by atoms with Crippen LogP contribution in [0.15, 0.2) is 65.6 Å². The standard InChI is InChI=1S/C26H27F3N2O2S/c27-26(28,29)22-10-12-25(31-14-13-19-6-2-4-8-21(19)17-31)24(16-22)30-34(32,33)23-11-9-18-5-1-3-7-20(18)15-23/h1,3,5,7,9-12,15-16,19,21H,2,4,6,8,13-14,17H2,(H-,30,32,33)/p+1/t19-,21?/m0/s1. The molecule has 0 amide bonds. The number of anilines is 2. The first-order valence-electron chi connectivity index (χ1n) is 11.7. The monoisotopic (exact) mass is 489 g/mol. The summed E-state index contributed by atoms with van der Waals surface area (Å²) in [6.07, 6.45) is 1.20. The van der Waals surface area contributed by atoms with Crippen LogP contribution in [0.3, 0.4) is 0 Å². The first-order valence-corrected chi connectivity index (χ1v) is 13.2. The molecule has 3 atom stereocenters. The van der Waals surface area contributed by atoms with Crippen LogP contribution in [-0.2, 0) is 20.8 Å². The number of nitrogens with zero attached hydrogens (tertiary/aromatic N) is 1. The fourth-order valence-electron chi connectivity index (χ4n) is 5.44. The number of fused-ring (bicyclic) bond motifs is 2. The van der Waals surface area contributed by atoms with E-state index in [0.717, 1.165) is 48.8 Å². The van der Waals surface area contributed by atoms with Gasteiger partial charge in [0.2, 0.25) is 4.90 Å². The Hall–Kier alpha value is -2.58. The number of nitrogens with one attached hydrogen (secondary N) is 1. The molecule has 1 aliphatic heterocycles. The molecule has 3 aromatic rings. The van der Waals surface area contributed by atoms with Gasteiger partial charge in [0.15, 0.2) is 0 Å². The van der Waals surface area contributed by atoms with Crippen LogP contribution in [0.25, 0.3) is 10.8 Å². The lowest BCUT2D eigenvalue weighted by atomic mass is 9.75. The van der Waals surface area contributed by atoms with E-state index in [9.17, 15) is 21.9 Å². The van der Waals surface area contributed by atoms with E-state index in [0.29, 0.717) is 17.5 Å². The second-order valence-corrected chi connectivity index (χ2v) is 11.1. The number of benzene rings is 3. The molecule has 5 rings (SSSR count). The summed E-state index contributed by atoms with van der Waals surface area (Å²) < 4.78 is 67.4. The summed E-state index contributed by atoms with van der Waals surface area (Å²) in [5, 5.41) is 1.70. The molecule has 1 aliphatic carbocycles. The molecule has 2 unspecified atom stereocenters. The lowest BCUT2D eigenvalue weighted by Crippen LogP contribution is -2.42. The van der Waals surface area contributed by atoms with Crippen molar-refractivity contribution >= 4 is 32.5 Å². The quantitative estimate of drug-likeness (QED) is 0.380. The Labute approximate surface area is 198 Å². The maximum absolute atomic E-state index is 13.5. The number of halogens is 3. The van der Waals surface area contributed by atoms with Crippen molar-refractivity contribution in [2.75, 3.05) is 22.7 Å². The van der Waals surface area contributed by atoms with Gasteiger partial charge in [-0.3, -0.25) is 0 Å². The molecule has 0 aromatic heterocycles. The smallest absolute Gasteiger partial charge is 0.369 e. The van der Waals surface area contributed by atoms with Gasteiger partial charge in [0, 0.05) is 19.2 Å². The molecule has 3 aromatic carbocycles. The van der Waals surface area contributed by atoms with Crippen LogP contribution in [-0.4, -0.2) is 17.6 Å². The van der Waals surface area contributed by atoms with Gasteiger partial charge in [0.05, 0.1) is 11.3 Å². The molecule has 0 spiro atoms. The van der Waals surface area contributed by atoms with Gasteiger partial charge in [0.1, 0.15) is 5.69 Å². The van der Waals surface area contributed by atoms with E-state index in [1.807, 2.05) is 24.3 Å². The molecule has 2 N–H and O–H groups in total. The number of hydrogen-bond donors (Lipinski definition) is 2. The van der Waals surface area contributed by atoms with Crippen LogP contribution in [0.2, 0.25) is 0 Å². The van der Waals surface area contributed by atoms with E-state index in [4.69, 9.17) is 0 Å². The van der Waals surface area contributed by atoms with E-state index in [2.05, 4.69) is 9.62 Å². The minimum Gasteiger partial charge on any atom is -0.369 e. The van der Waals surface area contributed by atoms with Crippen molar-refractivity contribution < 1.29 is 21.9 Å². The van der Waals surface area contributed by atoms with Gasteiger partial charge >= 0.3 is 16.6 Å². The minimum atomic E-state index is -4.55. The molecule has 1 heterocycles. The summed E-state index contributed by atoms with van der Waals surface area (Å²) in [4.78, 5) is 2.20. The van der Waals surface area contributed by atoms with Gasteiger partial charge in [-0.15, -0.1) is 0 Å². The largest absolute Gasteiger partial charge is 0.416 e. The molecular weight excluding hydrogens is 461 g/mol. The third-order valence-electron chi connectivity index (χ3n) is 7.24. The summed E-state index contributed by atoms with van der Waals surface area (Å²) in [6.45, 7) is 1.48. The molecule has 0 bridgehead atoms. The maximum atomic E-state index is 13.5. The Balaban J connectivity index is 1.50. The fraction of sp³-hybridized carbons (Fsp3) is 0.385. The second kappa shape index (κ2) is 8.89. The topological polar surface area (TPSA) is 52.6 Å². The highest BCUT2D eigenvalue weighted by Gasteiger charge is 2.37. The molecule has 0 radical (unpaired) electrons. The van der Waals surface area contributed by atoms with Crippen molar-refractivity contribution in [2.45, 2.75) is 43.2 Å². The molecule has 180 valence electrons. The van der Waals surface area contributed by atoms with Crippen molar-refractivity contribution in [3.05, 3.63) is 66.2 Å². The molecule has 2 aliphatic rings. The lowest BCUT2D eigenvalue weighted by Gasteiger charge is -2.42. The maximum Gasteiger partial charge on any atom is 0.416 e. The normalized spacial score (nSPS) is 22.8. The fourth-order valence-corrected chi connectivity index (χ4v) is 6.56. The number of piperidine rings is 1. The van der Waals surface area contributed by atoms with Crippen LogP contribution in [0.1, 0.15) is 37.7 Å². The highest BCUT2D eigenvalue weighted by atomic mass is 32.3. The highest BCUT2D eigenvalue weighted by Crippen LogP contribution is 2.42. The summed E-state index contributed by atoms with van der Waals surface area (Å²) in [7, 11) is -3.85. The van der Waals surface area contributed by atoms with Crippen LogP contribution < -0.4 is 9.62 Å². The lowest BCUT2D eigenvalue weighted by molar-refractivity contribution is -0.137. The van der Waals surface area contributed by atoms with E-state index >= 15 is 0 Å². The summed E-state index contributed by atoms with van der Waals surface area (Å²) >= 11 is 0. The van der Waals surface area contributed by atoms with Gasteiger partial charge in [-0.05, 0) is 70.0 Å². The van der Waals surface area contributed by atoms with Crippen molar-refractivity contribution in [3.63, 3.8) is 0 Å². The third kappa shape index (κ3) is 4.66. The molecule has 2 fully saturated rings. The molecule has 34 heavy (non-hydrogen) atoms. The van der Waals surface area contributed by atoms with E-state index in [1.54, 1.807) is 18.2 Å². The first kappa shape index (κ1) is 23.2. The van der Waals surface area contributed by atoms with Crippen molar-refractivity contribution in [2.24, 2.45) is 11.8 Å². The molecule has 1 saturated carbocycles. The summed E-state index contributed by atoms with van der Waals surface area (Å²) in [5.41, 5.74) is -0.274. The van der Waals surface area contributed by atoms with Crippen LogP contribution in [0.4, 0.5) is 24.5 Å². The van der Waals surface area contributed by atoms with E-state index in [-0.39, 0.29) is 10.6 Å². The Bertz CT molecular complexity index is 1250. The van der Waals surface area contributed by atoms with Gasteiger partial charge in [-0.25, -0.2) is 0 Å². The molecule has 1 saturated heterocycles. The summed E-state index contributed by atoms with van der Waals surface area (Å²) in [5.74, 6) is 1.17. The Kier molecular flexibility index (Phi) is 6.06. The molecular formula is C26H28F3N2O2S+. The van der Waals surface area contributed by atoms with Crippen molar-refractivity contribution in [1.82, 2.24) is 0 Å². The predicted octanol–water partition coefficient (Wildman–Crippen LogP) is 7.23. The molecule has 4 nitrogen and oxygen atoms in total. The zero-order chi connectivity index (χ0) is 23.9. The van der Waals surface area contributed by atoms with E-state index in [1.165, 1.54) is 25.3 Å². The zero-order valence-electron chi connectivity index (χ0n) is 18.7. The first-order chi connectivity index (χ1) is 16.2. The SMILES string of the molecule is O=[S+](O)(Nc1cc(C(F)(F)F)ccc1N1CC[C@@H]2CCCCC2C1)c1ccc2ccccc2c1. The Morgan fingerprint density at radius 2 is 1.65 bits per heavy atom. The minimum absolute atomic E-state index is 0.0322. The highest BCUT2D eigenvalue weighted by molar-refractivity contribution is 7.99. The van der Waals surface area contributed by atoms with Gasteiger partial charge < -0.3 is 4.90 Å². The number of rotatable bonds is 4. The predicted molar refractivity (Wildman–Crippen MR) is 130 cm³/mol. The van der Waals surface area contributed by atoms with Gasteiger partial charge in [-0.2, -0.15) is 22.4 Å². The number of alkyl halides is 3. The average Bonchev–Trinajstić information content (AvgIpc) is 2.82. The van der Waals surface area contributed by atoms with Gasteiger partial charge in [0.25, 0.3) is 0 Å². The van der Waals surface area contributed by atoms with Gasteiger partial charge in [-0.1, -0.05) is 43.5 Å². The number of hydrogen-bond acceptors (Lipinski definition) is 2. The summed E-state index contributed by atoms with van der Waals surface area (Å²) in [6, 6.07) is 15.8. The van der Waals surface area contributed by atoms with Crippen LogP contribution >= 0.6 is 0 Å². The van der Waals surface area contributed by atoms with Crippen molar-refractivity contribution in [1.29, 1.82) is 0 Å².